The van der Waals surface area contributed by atoms with E-state index >= 15 is 0 Å². The van der Waals surface area contributed by atoms with Crippen molar-refractivity contribution in [3.8, 4) is 5.75 Å². The summed E-state index contributed by atoms with van der Waals surface area (Å²) in [6, 6.07) is 13.8. The molecule has 140 valence electrons. The summed E-state index contributed by atoms with van der Waals surface area (Å²) in [7, 11) is -0.480. The molecule has 8 heteroatoms. The summed E-state index contributed by atoms with van der Waals surface area (Å²) in [5.41, 5.74) is 0.926. The molecule has 0 atom stereocenters. The van der Waals surface area contributed by atoms with Gasteiger partial charge in [-0.05, 0) is 42.0 Å². The highest BCUT2D eigenvalue weighted by Crippen LogP contribution is 2.18. The van der Waals surface area contributed by atoms with E-state index in [1.54, 1.807) is 12.1 Å². The molecule has 26 heavy (non-hydrogen) atoms. The average molecular weight is 441 g/mol. The number of sulfonamides is 1. The Hall–Kier alpha value is -1.90. The number of benzene rings is 2. The molecule has 0 aromatic heterocycles. The van der Waals surface area contributed by atoms with Crippen molar-refractivity contribution in [2.75, 3.05) is 27.2 Å². The fourth-order valence-corrected chi connectivity index (χ4v) is 3.52. The van der Waals surface area contributed by atoms with Gasteiger partial charge >= 0.3 is 0 Å². The van der Waals surface area contributed by atoms with E-state index in [0.717, 1.165) is 14.3 Å². The van der Waals surface area contributed by atoms with Gasteiger partial charge in [0.15, 0.2) is 0 Å². The van der Waals surface area contributed by atoms with Crippen molar-refractivity contribution in [3.05, 3.63) is 58.6 Å². The highest BCUT2D eigenvalue weighted by molar-refractivity contribution is 9.10. The maximum absolute atomic E-state index is 12.0. The Labute approximate surface area is 162 Å². The van der Waals surface area contributed by atoms with Crippen LogP contribution in [0.3, 0.4) is 0 Å². The van der Waals surface area contributed by atoms with Gasteiger partial charge in [-0.3, -0.25) is 4.79 Å². The molecule has 2 aromatic carbocycles. The number of hydrogen-bond acceptors (Lipinski definition) is 4. The number of ether oxygens (including phenoxy) is 1. The Kier molecular flexibility index (Phi) is 7.19. The first-order chi connectivity index (χ1) is 12.3. The first-order valence-corrected chi connectivity index (χ1v) is 10.2. The van der Waals surface area contributed by atoms with Crippen LogP contribution in [0.1, 0.15) is 5.56 Å². The van der Waals surface area contributed by atoms with Crippen molar-refractivity contribution >= 4 is 31.9 Å². The Morgan fingerprint density at radius 3 is 2.46 bits per heavy atom. The zero-order chi connectivity index (χ0) is 19.2. The van der Waals surface area contributed by atoms with Crippen LogP contribution in [0.5, 0.6) is 5.75 Å². The molecular weight excluding hydrogens is 420 g/mol. The number of halogens is 1. The predicted molar refractivity (Wildman–Crippen MR) is 104 cm³/mol. The molecule has 6 nitrogen and oxygen atoms in total. The monoisotopic (exact) mass is 440 g/mol. The Morgan fingerprint density at radius 2 is 1.85 bits per heavy atom. The Balaban J connectivity index is 1.77. The molecule has 2 aromatic rings. The molecule has 1 N–H and O–H groups in total. The van der Waals surface area contributed by atoms with Crippen molar-refractivity contribution in [1.82, 2.24) is 9.62 Å². The van der Waals surface area contributed by atoms with Crippen LogP contribution >= 0.6 is 15.9 Å². The van der Waals surface area contributed by atoms with Crippen molar-refractivity contribution in [2.45, 2.75) is 11.3 Å². The van der Waals surface area contributed by atoms with E-state index in [1.807, 2.05) is 24.3 Å². The highest BCUT2D eigenvalue weighted by Gasteiger charge is 2.16. The largest absolute Gasteiger partial charge is 0.492 e. The molecule has 0 aliphatic rings. The summed E-state index contributed by atoms with van der Waals surface area (Å²) in [6.07, 6.45) is 0.302. The van der Waals surface area contributed by atoms with Crippen molar-refractivity contribution < 1.29 is 17.9 Å². The summed E-state index contributed by atoms with van der Waals surface area (Å²) in [5, 5.41) is 2.79. The molecule has 0 saturated heterocycles. The number of hydrogen-bond donors (Lipinski definition) is 1. The van der Waals surface area contributed by atoms with Gasteiger partial charge < -0.3 is 10.1 Å². The topological polar surface area (TPSA) is 75.7 Å². The van der Waals surface area contributed by atoms with Crippen molar-refractivity contribution in [3.63, 3.8) is 0 Å². The van der Waals surface area contributed by atoms with Gasteiger partial charge in [-0.1, -0.05) is 28.1 Å². The zero-order valence-electron chi connectivity index (χ0n) is 14.6. The average Bonchev–Trinajstić information content (AvgIpc) is 2.59. The molecule has 2 rings (SSSR count). The number of rotatable bonds is 8. The van der Waals surface area contributed by atoms with Gasteiger partial charge in [0.05, 0.1) is 17.9 Å². The maximum Gasteiger partial charge on any atom is 0.242 e. The molecule has 0 saturated carbocycles. The van der Waals surface area contributed by atoms with Crippen LogP contribution in [0.15, 0.2) is 57.9 Å². The third-order valence-corrected chi connectivity index (χ3v) is 5.87. The third-order valence-electron chi connectivity index (χ3n) is 3.55. The lowest BCUT2D eigenvalue weighted by Crippen LogP contribution is -2.29. The van der Waals surface area contributed by atoms with Gasteiger partial charge in [-0.2, -0.15) is 0 Å². The first-order valence-electron chi connectivity index (χ1n) is 7.95. The molecule has 0 aliphatic heterocycles. The van der Waals surface area contributed by atoms with Gasteiger partial charge in [-0.15, -0.1) is 0 Å². The molecular formula is C18H21BrN2O4S. The van der Waals surface area contributed by atoms with Crippen molar-refractivity contribution in [2.24, 2.45) is 0 Å². The predicted octanol–water partition coefficient (Wildman–Crippen LogP) is 2.44. The van der Waals surface area contributed by atoms with E-state index < -0.39 is 10.0 Å². The van der Waals surface area contributed by atoms with Gasteiger partial charge in [-0.25, -0.2) is 12.7 Å². The molecule has 0 radical (unpaired) electrons. The molecule has 0 heterocycles. The van der Waals surface area contributed by atoms with Gasteiger partial charge in [0.1, 0.15) is 12.4 Å². The standard InChI is InChI=1S/C18H21BrN2O4S/c1-21(2)26(23,24)17-8-6-16(7-9-17)25-11-10-20-18(22)13-14-4-3-5-15(19)12-14/h3-9,12H,10-11,13H2,1-2H3,(H,20,22). The summed E-state index contributed by atoms with van der Waals surface area (Å²) < 4.78 is 31.6. The van der Waals surface area contributed by atoms with Crippen LogP contribution in [0, 0.1) is 0 Å². The van der Waals surface area contributed by atoms with Crippen molar-refractivity contribution in [1.29, 1.82) is 0 Å². The van der Waals surface area contributed by atoms with Crippen LogP contribution in [-0.2, 0) is 21.2 Å². The first kappa shape index (κ1) is 20.4. The van der Waals surface area contributed by atoms with Gasteiger partial charge in [0, 0.05) is 18.6 Å². The molecule has 0 unspecified atom stereocenters. The van der Waals surface area contributed by atoms with Gasteiger partial charge in [0.25, 0.3) is 0 Å². The van der Waals surface area contributed by atoms with E-state index in [-0.39, 0.29) is 10.8 Å². The van der Waals surface area contributed by atoms with E-state index in [1.165, 1.54) is 26.2 Å². The molecule has 0 aliphatic carbocycles. The zero-order valence-corrected chi connectivity index (χ0v) is 17.0. The minimum absolute atomic E-state index is 0.0841. The van der Waals surface area contributed by atoms with Crippen LogP contribution in [-0.4, -0.2) is 45.9 Å². The number of nitrogens with zero attached hydrogens (tertiary/aromatic N) is 1. The van der Waals surface area contributed by atoms with E-state index in [4.69, 9.17) is 4.74 Å². The lowest BCUT2D eigenvalue weighted by molar-refractivity contribution is -0.120. The lowest BCUT2D eigenvalue weighted by Gasteiger charge is -2.12. The summed E-state index contributed by atoms with van der Waals surface area (Å²) in [5.74, 6) is 0.461. The third kappa shape index (κ3) is 5.82. The fourth-order valence-electron chi connectivity index (χ4n) is 2.17. The van der Waals surface area contributed by atoms with E-state index in [2.05, 4.69) is 21.2 Å². The smallest absolute Gasteiger partial charge is 0.242 e. The maximum atomic E-state index is 12.0. The molecule has 1 amide bonds. The number of carbonyl (C=O) groups is 1. The second-order valence-corrected chi connectivity index (χ2v) is 8.83. The SMILES string of the molecule is CN(C)S(=O)(=O)c1ccc(OCCNC(=O)Cc2cccc(Br)c2)cc1. The number of carbonyl (C=O) groups excluding carboxylic acids is 1. The summed E-state index contributed by atoms with van der Waals surface area (Å²) in [6.45, 7) is 0.661. The Bertz CT molecular complexity index is 852. The van der Waals surface area contributed by atoms with Crippen LogP contribution in [0.4, 0.5) is 0 Å². The van der Waals surface area contributed by atoms with E-state index in [9.17, 15) is 13.2 Å². The minimum atomic E-state index is -3.45. The minimum Gasteiger partial charge on any atom is -0.492 e. The van der Waals surface area contributed by atoms with Gasteiger partial charge in [0.2, 0.25) is 15.9 Å². The van der Waals surface area contributed by atoms with Crippen LogP contribution < -0.4 is 10.1 Å². The second kappa shape index (κ2) is 9.16. The number of nitrogens with one attached hydrogen (secondary N) is 1. The molecule has 0 bridgehead atoms. The normalized spacial score (nSPS) is 11.4. The molecule has 0 fully saturated rings. The number of amides is 1. The summed E-state index contributed by atoms with van der Waals surface area (Å²) in [4.78, 5) is 12.1. The van der Waals surface area contributed by atoms with Crippen LogP contribution in [0.25, 0.3) is 0 Å². The highest BCUT2D eigenvalue weighted by atomic mass is 79.9. The molecule has 0 spiro atoms. The lowest BCUT2D eigenvalue weighted by atomic mass is 10.1. The summed E-state index contributed by atoms with van der Waals surface area (Å²) >= 11 is 3.37. The van der Waals surface area contributed by atoms with Crippen LogP contribution in [0.2, 0.25) is 0 Å². The second-order valence-electron chi connectivity index (χ2n) is 5.76. The van der Waals surface area contributed by atoms with E-state index in [0.29, 0.717) is 25.3 Å². The Morgan fingerprint density at radius 1 is 1.15 bits per heavy atom. The quantitative estimate of drug-likeness (QED) is 0.639. The fraction of sp³-hybridized carbons (Fsp3) is 0.278.